The maximum atomic E-state index is 13.0. The monoisotopic (exact) mass is 478 g/mol. The van der Waals surface area contributed by atoms with Crippen molar-refractivity contribution >= 4 is 17.4 Å². The number of oxazole rings is 1. The Morgan fingerprint density at radius 2 is 2.00 bits per heavy atom. The first kappa shape index (κ1) is 23.5. The summed E-state index contributed by atoms with van der Waals surface area (Å²) in [6, 6.07) is 3.94. The second-order valence-electron chi connectivity index (χ2n) is 10.6. The molecular weight excluding hydrogens is 444 g/mol. The van der Waals surface area contributed by atoms with Gasteiger partial charge in [-0.25, -0.2) is 9.97 Å². The SMILES string of the molecule is CC(C)(O)c1nn([C@H]2CC[C@H](C)CC2)cc1NC(=O)c1coc(-c2ccnc(NCC3CC3)c2)n1. The lowest BCUT2D eigenvalue weighted by atomic mass is 9.87. The molecule has 0 saturated heterocycles. The quantitative estimate of drug-likeness (QED) is 0.417. The van der Waals surface area contributed by atoms with Gasteiger partial charge in [0, 0.05) is 24.5 Å². The number of anilines is 2. The molecule has 35 heavy (non-hydrogen) atoms. The number of pyridine rings is 1. The number of hydrogen-bond donors (Lipinski definition) is 3. The molecule has 1 amide bonds. The van der Waals surface area contributed by atoms with Gasteiger partial charge in [-0.3, -0.25) is 9.48 Å². The van der Waals surface area contributed by atoms with Gasteiger partial charge in [0.25, 0.3) is 5.91 Å². The molecule has 2 aliphatic carbocycles. The van der Waals surface area contributed by atoms with Crippen LogP contribution in [0.3, 0.4) is 0 Å². The summed E-state index contributed by atoms with van der Waals surface area (Å²) in [5.41, 5.74) is 0.625. The highest BCUT2D eigenvalue weighted by molar-refractivity contribution is 6.03. The van der Waals surface area contributed by atoms with Gasteiger partial charge < -0.3 is 20.2 Å². The third-order valence-electron chi connectivity index (χ3n) is 6.93. The maximum Gasteiger partial charge on any atom is 0.277 e. The van der Waals surface area contributed by atoms with Crippen molar-refractivity contribution in [3.8, 4) is 11.5 Å². The van der Waals surface area contributed by atoms with Crippen LogP contribution in [0.1, 0.15) is 81.5 Å². The van der Waals surface area contributed by atoms with Crippen LogP contribution in [0, 0.1) is 11.8 Å². The average molecular weight is 479 g/mol. The number of rotatable bonds is 8. The highest BCUT2D eigenvalue weighted by Crippen LogP contribution is 2.35. The van der Waals surface area contributed by atoms with Crippen LogP contribution >= 0.6 is 0 Å². The number of aromatic nitrogens is 4. The van der Waals surface area contributed by atoms with Crippen LogP contribution in [-0.2, 0) is 5.60 Å². The molecule has 0 aliphatic heterocycles. The molecule has 3 aromatic heterocycles. The molecule has 2 aliphatic rings. The smallest absolute Gasteiger partial charge is 0.277 e. The summed E-state index contributed by atoms with van der Waals surface area (Å²) < 4.78 is 7.51. The van der Waals surface area contributed by atoms with Gasteiger partial charge in [-0.2, -0.15) is 5.10 Å². The Morgan fingerprint density at radius 3 is 2.71 bits per heavy atom. The van der Waals surface area contributed by atoms with Crippen molar-refractivity contribution in [3.05, 3.63) is 42.2 Å². The zero-order chi connectivity index (χ0) is 24.6. The zero-order valence-corrected chi connectivity index (χ0v) is 20.6. The fourth-order valence-corrected chi connectivity index (χ4v) is 4.56. The van der Waals surface area contributed by atoms with Crippen molar-refractivity contribution in [1.82, 2.24) is 19.7 Å². The Labute approximate surface area is 205 Å². The van der Waals surface area contributed by atoms with Crippen LogP contribution in [0.15, 0.2) is 35.2 Å². The average Bonchev–Trinajstić information content (AvgIpc) is 3.34. The van der Waals surface area contributed by atoms with Gasteiger partial charge in [0.2, 0.25) is 5.89 Å². The van der Waals surface area contributed by atoms with E-state index in [9.17, 15) is 9.90 Å². The summed E-state index contributed by atoms with van der Waals surface area (Å²) in [6.07, 6.45) is 11.8. The Hall–Kier alpha value is -3.20. The minimum Gasteiger partial charge on any atom is -0.444 e. The predicted octanol–water partition coefficient (Wildman–Crippen LogP) is 4.99. The summed E-state index contributed by atoms with van der Waals surface area (Å²) in [4.78, 5) is 21.8. The van der Waals surface area contributed by atoms with Gasteiger partial charge in [0.05, 0.1) is 11.7 Å². The summed E-state index contributed by atoms with van der Waals surface area (Å²) in [6.45, 7) is 6.53. The van der Waals surface area contributed by atoms with Crippen molar-refractivity contribution < 1.29 is 14.3 Å². The summed E-state index contributed by atoms with van der Waals surface area (Å²) in [7, 11) is 0. The number of amides is 1. The van der Waals surface area contributed by atoms with Gasteiger partial charge in [-0.15, -0.1) is 0 Å². The molecule has 2 saturated carbocycles. The highest BCUT2D eigenvalue weighted by atomic mass is 16.3. The molecule has 186 valence electrons. The number of nitrogens with zero attached hydrogens (tertiary/aromatic N) is 4. The zero-order valence-electron chi connectivity index (χ0n) is 20.6. The molecule has 2 fully saturated rings. The Bertz CT molecular complexity index is 1180. The van der Waals surface area contributed by atoms with E-state index in [0.717, 1.165) is 55.4 Å². The van der Waals surface area contributed by atoms with E-state index < -0.39 is 11.5 Å². The van der Waals surface area contributed by atoms with Crippen LogP contribution in [0.2, 0.25) is 0 Å². The third kappa shape index (κ3) is 5.56. The second kappa shape index (κ2) is 9.45. The first-order chi connectivity index (χ1) is 16.8. The van der Waals surface area contributed by atoms with Crippen LogP contribution in [0.5, 0.6) is 0 Å². The number of carbonyl (C=O) groups excluding carboxylic acids is 1. The lowest BCUT2D eigenvalue weighted by Gasteiger charge is -2.26. The first-order valence-electron chi connectivity index (χ1n) is 12.6. The fourth-order valence-electron chi connectivity index (χ4n) is 4.56. The maximum absolute atomic E-state index is 13.0. The normalized spacial score (nSPS) is 20.6. The van der Waals surface area contributed by atoms with Gasteiger partial charge >= 0.3 is 0 Å². The topological polar surface area (TPSA) is 118 Å². The van der Waals surface area contributed by atoms with Crippen molar-refractivity contribution in [3.63, 3.8) is 0 Å². The van der Waals surface area contributed by atoms with E-state index in [1.807, 2.05) is 16.9 Å². The highest BCUT2D eigenvalue weighted by Gasteiger charge is 2.29. The number of aliphatic hydroxyl groups is 1. The van der Waals surface area contributed by atoms with Crippen LogP contribution in [0.4, 0.5) is 11.5 Å². The minimum atomic E-state index is -1.20. The van der Waals surface area contributed by atoms with Gasteiger partial charge in [-0.05, 0) is 76.3 Å². The lowest BCUT2D eigenvalue weighted by Crippen LogP contribution is -2.22. The molecule has 9 heteroatoms. The molecule has 3 N–H and O–H groups in total. The standard InChI is InChI=1S/C26H34N6O3/c1-16-4-8-19(9-5-16)32-14-20(23(31-32)26(2,3)34)29-24(33)21-15-35-25(30-21)18-10-11-27-22(12-18)28-13-17-6-7-17/h10-12,14-17,19,34H,4-9,13H2,1-3H3,(H,27,28)(H,29,33)/t16-,19-. The largest absolute Gasteiger partial charge is 0.444 e. The molecule has 0 unspecified atom stereocenters. The van der Waals surface area contributed by atoms with E-state index in [4.69, 9.17) is 4.42 Å². The Morgan fingerprint density at radius 1 is 1.23 bits per heavy atom. The van der Waals surface area contributed by atoms with Crippen LogP contribution < -0.4 is 10.6 Å². The lowest BCUT2D eigenvalue weighted by molar-refractivity contribution is 0.0730. The number of nitrogens with one attached hydrogen (secondary N) is 2. The van der Waals surface area contributed by atoms with Gasteiger partial charge in [-0.1, -0.05) is 6.92 Å². The molecule has 3 aromatic rings. The molecule has 0 bridgehead atoms. The molecule has 9 nitrogen and oxygen atoms in total. The molecule has 0 spiro atoms. The minimum absolute atomic E-state index is 0.158. The molecular formula is C26H34N6O3. The molecule has 0 radical (unpaired) electrons. The molecule has 0 aromatic carbocycles. The van der Waals surface area contributed by atoms with Gasteiger partial charge in [0.15, 0.2) is 5.69 Å². The van der Waals surface area contributed by atoms with E-state index in [-0.39, 0.29) is 11.7 Å². The molecule has 0 atom stereocenters. The van der Waals surface area contributed by atoms with Crippen molar-refractivity contribution in [1.29, 1.82) is 0 Å². The predicted molar refractivity (Wildman–Crippen MR) is 133 cm³/mol. The fraction of sp³-hybridized carbons (Fsp3) is 0.538. The number of carbonyl (C=O) groups is 1. The third-order valence-corrected chi connectivity index (χ3v) is 6.93. The van der Waals surface area contributed by atoms with E-state index >= 15 is 0 Å². The first-order valence-corrected chi connectivity index (χ1v) is 12.6. The Kier molecular flexibility index (Phi) is 6.35. The van der Waals surface area contributed by atoms with Gasteiger partial charge in [0.1, 0.15) is 23.4 Å². The molecule has 3 heterocycles. The second-order valence-corrected chi connectivity index (χ2v) is 10.6. The molecule has 5 rings (SSSR count). The summed E-state index contributed by atoms with van der Waals surface area (Å²) in [5.74, 6) is 2.15. The van der Waals surface area contributed by atoms with Crippen LogP contribution in [-0.4, -0.2) is 37.3 Å². The van der Waals surface area contributed by atoms with E-state index in [1.54, 1.807) is 26.1 Å². The van der Waals surface area contributed by atoms with Crippen molar-refractivity contribution in [2.24, 2.45) is 11.8 Å². The van der Waals surface area contributed by atoms with Crippen LogP contribution in [0.25, 0.3) is 11.5 Å². The Balaban J connectivity index is 1.31. The van der Waals surface area contributed by atoms with E-state index in [1.165, 1.54) is 19.1 Å². The van der Waals surface area contributed by atoms with E-state index in [0.29, 0.717) is 17.3 Å². The van der Waals surface area contributed by atoms with E-state index in [2.05, 4.69) is 32.6 Å². The summed E-state index contributed by atoms with van der Waals surface area (Å²) >= 11 is 0. The van der Waals surface area contributed by atoms with Crippen molar-refractivity contribution in [2.45, 2.75) is 70.9 Å². The summed E-state index contributed by atoms with van der Waals surface area (Å²) in [5, 5.41) is 21.6. The van der Waals surface area contributed by atoms with Crippen molar-refractivity contribution in [2.75, 3.05) is 17.2 Å². The number of hydrogen-bond acceptors (Lipinski definition) is 7.